The molecule has 1 aromatic heterocycles. The Morgan fingerprint density at radius 1 is 1.32 bits per heavy atom. The van der Waals surface area contributed by atoms with E-state index in [0.717, 1.165) is 17.6 Å². The van der Waals surface area contributed by atoms with Crippen LogP contribution < -0.4 is 0 Å². The summed E-state index contributed by atoms with van der Waals surface area (Å²) in [5, 5.41) is 16.8. The van der Waals surface area contributed by atoms with Crippen molar-refractivity contribution in [2.45, 2.75) is 95.8 Å². The minimum Gasteiger partial charge on any atom is -0.402 e. The maximum Gasteiger partial charge on any atom is 2.00 e. The summed E-state index contributed by atoms with van der Waals surface area (Å²) in [7, 11) is 0. The molecule has 1 spiro atoms. The fourth-order valence-corrected chi connectivity index (χ4v) is 6.66. The van der Waals surface area contributed by atoms with Crippen molar-refractivity contribution in [2.24, 2.45) is 0 Å². The maximum absolute atomic E-state index is 13.4. The predicted octanol–water partition coefficient (Wildman–Crippen LogP) is 5.27. The zero-order chi connectivity index (χ0) is 27.1. The zero-order valence-corrected chi connectivity index (χ0v) is 27.1. The van der Waals surface area contributed by atoms with E-state index in [1.54, 1.807) is 0 Å². The first kappa shape index (κ1) is 33.2. The van der Waals surface area contributed by atoms with E-state index >= 15 is 0 Å². The van der Waals surface area contributed by atoms with Crippen LogP contribution in [0.4, 0.5) is 13.2 Å². The van der Waals surface area contributed by atoms with Crippen molar-refractivity contribution >= 4 is 17.6 Å². The third-order valence-corrected chi connectivity index (χ3v) is 8.51. The van der Waals surface area contributed by atoms with Crippen molar-refractivity contribution in [3.8, 4) is 0 Å². The minimum absolute atomic E-state index is 0. The summed E-state index contributed by atoms with van der Waals surface area (Å²) >= 11 is 0.726. The van der Waals surface area contributed by atoms with Crippen LogP contribution in [0.3, 0.4) is 0 Å². The van der Waals surface area contributed by atoms with E-state index in [4.69, 9.17) is 26.2 Å². The summed E-state index contributed by atoms with van der Waals surface area (Å²) in [6.07, 6.45) is -1.89. The van der Waals surface area contributed by atoms with Crippen molar-refractivity contribution in [3.63, 3.8) is 0 Å². The number of hydrogen-bond acceptors (Lipinski definition) is 7. The fraction of sp³-hybridized carbons (Fsp3) is 0.692. The smallest absolute Gasteiger partial charge is 0.402 e. The summed E-state index contributed by atoms with van der Waals surface area (Å²) in [4.78, 5) is 2.04. The number of nitrogens with one attached hydrogen (secondary N) is 1. The van der Waals surface area contributed by atoms with Crippen LogP contribution in [0.15, 0.2) is 5.57 Å². The van der Waals surface area contributed by atoms with Gasteiger partial charge in [-0.15, -0.1) is 17.6 Å². The molecular formula is C26H37F3N2O4STh. The third kappa shape index (κ3) is 7.41. The molecule has 37 heavy (non-hydrogen) atoms. The number of alkyl halides is 3. The van der Waals surface area contributed by atoms with Gasteiger partial charge in [0.2, 0.25) is 0 Å². The van der Waals surface area contributed by atoms with E-state index in [0.29, 0.717) is 55.0 Å². The first-order valence-electron chi connectivity index (χ1n) is 12.1. The number of ether oxygens (including phenoxy) is 3. The molecule has 6 nitrogen and oxygen atoms in total. The average Bonchev–Trinajstić information content (AvgIpc) is 3.24. The Balaban J connectivity index is 0.000000369. The topological polar surface area (TPSA) is 75.0 Å². The molecule has 2 fully saturated rings. The molecule has 3 aliphatic rings. The van der Waals surface area contributed by atoms with Crippen molar-refractivity contribution in [2.75, 3.05) is 19.7 Å². The second-order valence-corrected chi connectivity index (χ2v) is 11.7. The number of aliphatic hydroxyl groups excluding tert-OH is 1. The fourth-order valence-electron chi connectivity index (χ4n) is 5.26. The Morgan fingerprint density at radius 3 is 2.41 bits per heavy atom. The molecule has 11 heteroatoms. The van der Waals surface area contributed by atoms with Gasteiger partial charge < -0.3 is 31.7 Å². The van der Waals surface area contributed by atoms with Gasteiger partial charge in [-0.2, -0.15) is 18.7 Å². The van der Waals surface area contributed by atoms with Crippen LogP contribution in [0.1, 0.15) is 68.3 Å². The Morgan fingerprint density at radius 2 is 1.97 bits per heavy atom. The number of thiophene rings is 1. The number of nitrogens with zero attached hydrogens (tertiary/aromatic N) is 1. The summed E-state index contributed by atoms with van der Waals surface area (Å²) in [6.45, 7) is 20.2. The summed E-state index contributed by atoms with van der Waals surface area (Å²) in [5.41, 5.74) is 0.0971. The molecule has 3 atom stereocenters. The molecule has 2 N–H and O–H groups in total. The van der Waals surface area contributed by atoms with Gasteiger partial charge in [0.05, 0.1) is 18.8 Å². The predicted molar refractivity (Wildman–Crippen MR) is 133 cm³/mol. The molecule has 0 aliphatic carbocycles. The first-order valence-corrected chi connectivity index (χ1v) is 12.9. The Hall–Kier alpha value is 0.0247. The van der Waals surface area contributed by atoms with Gasteiger partial charge in [-0.3, -0.25) is 11.5 Å². The van der Waals surface area contributed by atoms with Gasteiger partial charge in [0.25, 0.3) is 0 Å². The Bertz CT molecular complexity index is 982. The zero-order valence-electron chi connectivity index (χ0n) is 22.1. The standard InChI is InChI=1S/C18H22F3N2O2S.C8H15O2.Th/c1-11(8-22)9-23-5-4-17(7-12(23)2)15-13(3-6-25-17)14(10-24)16(26-15)18(19,20)21;1-6-7(2,3)10-8(4,5)9-6;/h1,8,12,22,24H,3-7,9-10H2,2H3;6H,1H2,2-5H3;/q2*-1;+2/t12-,17+;6-;/m00./s1. The minimum atomic E-state index is -4.47. The average molecular weight is 763 g/mol. The van der Waals surface area contributed by atoms with Crippen molar-refractivity contribution in [3.05, 3.63) is 40.0 Å². The molecule has 3 aliphatic heterocycles. The van der Waals surface area contributed by atoms with Crippen LogP contribution in [0.5, 0.6) is 0 Å². The van der Waals surface area contributed by atoms with Crippen LogP contribution in [-0.4, -0.2) is 59.5 Å². The SMILES string of the molecule is [CH-]=C(C=N)CN1CC[C@]2(C[C@@H]1C)OCCc1c2sc(C(F)(F)F)c1CO.[CH2-][C@@H]1OC(C)(C)OC1(C)C.[Th+2]. The number of hydrogen-bond donors (Lipinski definition) is 2. The quantitative estimate of drug-likeness (QED) is 0.324. The van der Waals surface area contributed by atoms with E-state index in [9.17, 15) is 18.3 Å². The van der Waals surface area contributed by atoms with Crippen LogP contribution >= 0.6 is 11.3 Å². The molecule has 0 aromatic carbocycles. The molecule has 0 amide bonds. The van der Waals surface area contributed by atoms with E-state index < -0.39 is 29.0 Å². The number of aliphatic hydroxyl groups is 1. The van der Waals surface area contributed by atoms with Crippen LogP contribution in [0.25, 0.3) is 0 Å². The van der Waals surface area contributed by atoms with E-state index in [1.165, 1.54) is 0 Å². The van der Waals surface area contributed by atoms with Crippen LogP contribution in [0, 0.1) is 58.9 Å². The third-order valence-electron chi connectivity index (χ3n) is 7.01. The van der Waals surface area contributed by atoms with Crippen molar-refractivity contribution in [1.29, 1.82) is 5.41 Å². The van der Waals surface area contributed by atoms with E-state index in [1.807, 2.05) is 34.6 Å². The molecule has 1 aromatic rings. The van der Waals surface area contributed by atoms with Gasteiger partial charge in [0, 0.05) is 23.0 Å². The number of piperidine rings is 1. The van der Waals surface area contributed by atoms with Gasteiger partial charge in [-0.25, -0.2) is 0 Å². The molecule has 0 bridgehead atoms. The number of fused-ring (bicyclic) bond motifs is 2. The number of likely N-dealkylation sites (tertiary alicyclic amines) is 1. The molecular weight excluding hydrogens is 725 g/mol. The van der Waals surface area contributed by atoms with Crippen molar-refractivity contribution < 1.29 is 72.4 Å². The largest absolute Gasteiger partial charge is 2.00 e. The van der Waals surface area contributed by atoms with Gasteiger partial charge in [-0.05, 0) is 72.1 Å². The molecule has 4 heterocycles. The summed E-state index contributed by atoms with van der Waals surface area (Å²) in [6, 6.07) is 0.0576. The molecule has 0 saturated carbocycles. The summed E-state index contributed by atoms with van der Waals surface area (Å²) in [5.74, 6) is -0.462. The van der Waals surface area contributed by atoms with E-state index in [-0.39, 0.29) is 63.3 Å². The number of rotatable bonds is 4. The second-order valence-electron chi connectivity index (χ2n) is 10.7. The Kier molecular flexibility index (Phi) is 11.0. The van der Waals surface area contributed by atoms with E-state index in [2.05, 4.69) is 11.8 Å². The summed E-state index contributed by atoms with van der Waals surface area (Å²) < 4.78 is 57.3. The molecule has 4 rings (SSSR count). The van der Waals surface area contributed by atoms with Crippen molar-refractivity contribution in [1.82, 2.24) is 4.90 Å². The normalized spacial score (nSPS) is 28.6. The van der Waals surface area contributed by atoms with Gasteiger partial charge in [-0.1, -0.05) is 0 Å². The van der Waals surface area contributed by atoms with Gasteiger partial charge >= 0.3 is 46.1 Å². The monoisotopic (exact) mass is 762 g/mol. The maximum atomic E-state index is 13.4. The molecule has 0 unspecified atom stereocenters. The van der Waals surface area contributed by atoms with Crippen LogP contribution in [0.2, 0.25) is 0 Å². The Labute approximate surface area is 254 Å². The molecule has 206 valence electrons. The first-order chi connectivity index (χ1) is 16.5. The van der Waals surface area contributed by atoms with Gasteiger partial charge in [0.15, 0.2) is 5.79 Å². The second kappa shape index (κ2) is 12.3. The molecule has 2 saturated heterocycles. The van der Waals surface area contributed by atoms with Crippen LogP contribution in [-0.2, 0) is 39.0 Å². The number of halogens is 3. The molecule has 0 radical (unpaired) electrons. The van der Waals surface area contributed by atoms with Gasteiger partial charge in [0.1, 0.15) is 10.5 Å².